The Kier molecular flexibility index (Phi) is 5.28. The summed E-state index contributed by atoms with van der Waals surface area (Å²) in [6.07, 6.45) is 0.870. The van der Waals surface area contributed by atoms with E-state index < -0.39 is 5.97 Å². The number of rotatable bonds is 4. The van der Waals surface area contributed by atoms with Crippen molar-refractivity contribution >= 4 is 34.5 Å². The van der Waals surface area contributed by atoms with Crippen LogP contribution in [0.25, 0.3) is 0 Å². The SMILES string of the molecule is O=C(O)CCC(Br)CS. The standard InChI is InChI=1S/C5H9BrO2S/c6-4(3-9)1-2-5(7)8/h4,9H,1-3H2,(H,7,8). The summed E-state index contributed by atoms with van der Waals surface area (Å²) < 4.78 is 0. The molecule has 0 saturated heterocycles. The van der Waals surface area contributed by atoms with Crippen LogP contribution in [0.2, 0.25) is 0 Å². The summed E-state index contributed by atoms with van der Waals surface area (Å²) in [4.78, 5) is 10.2. The maximum atomic E-state index is 9.97. The molecule has 1 unspecified atom stereocenters. The number of alkyl halides is 1. The van der Waals surface area contributed by atoms with Gasteiger partial charge in [-0.05, 0) is 6.42 Å². The molecule has 0 fully saturated rings. The van der Waals surface area contributed by atoms with Gasteiger partial charge in [0.2, 0.25) is 0 Å². The highest BCUT2D eigenvalue weighted by Gasteiger charge is 2.03. The molecular formula is C5H9BrO2S. The van der Waals surface area contributed by atoms with Crippen molar-refractivity contribution in [1.82, 2.24) is 0 Å². The molecule has 54 valence electrons. The van der Waals surface area contributed by atoms with Crippen LogP contribution in [0.5, 0.6) is 0 Å². The predicted octanol–water partition coefficient (Wildman–Crippen LogP) is 1.54. The van der Waals surface area contributed by atoms with Gasteiger partial charge in [0.1, 0.15) is 0 Å². The van der Waals surface area contributed by atoms with Crippen molar-refractivity contribution in [3.05, 3.63) is 0 Å². The number of carboxylic acids is 1. The fourth-order valence-corrected chi connectivity index (χ4v) is 0.783. The Hall–Kier alpha value is 0.300. The first-order valence-electron chi connectivity index (χ1n) is 2.63. The summed E-state index contributed by atoms with van der Waals surface area (Å²) in [5, 5.41) is 8.21. The molecule has 9 heavy (non-hydrogen) atoms. The van der Waals surface area contributed by atoms with Gasteiger partial charge in [0, 0.05) is 17.0 Å². The van der Waals surface area contributed by atoms with Crippen LogP contribution in [-0.2, 0) is 4.79 Å². The monoisotopic (exact) mass is 212 g/mol. The molecule has 2 nitrogen and oxygen atoms in total. The maximum absolute atomic E-state index is 9.97. The topological polar surface area (TPSA) is 37.3 Å². The number of carbonyl (C=O) groups is 1. The maximum Gasteiger partial charge on any atom is 0.303 e. The van der Waals surface area contributed by atoms with Gasteiger partial charge in [0.15, 0.2) is 0 Å². The molecule has 0 amide bonds. The summed E-state index contributed by atoms with van der Waals surface area (Å²) in [6, 6.07) is 0. The molecule has 0 rings (SSSR count). The number of hydrogen-bond donors (Lipinski definition) is 2. The third-order valence-electron chi connectivity index (χ3n) is 0.870. The van der Waals surface area contributed by atoms with Crippen molar-refractivity contribution in [1.29, 1.82) is 0 Å². The molecule has 0 bridgehead atoms. The average molecular weight is 213 g/mol. The van der Waals surface area contributed by atoms with E-state index in [4.69, 9.17) is 5.11 Å². The van der Waals surface area contributed by atoms with E-state index in [-0.39, 0.29) is 11.2 Å². The van der Waals surface area contributed by atoms with Gasteiger partial charge in [0.05, 0.1) is 0 Å². The molecule has 0 aliphatic rings. The van der Waals surface area contributed by atoms with Crippen LogP contribution < -0.4 is 0 Å². The normalized spacial score (nSPS) is 13.1. The van der Waals surface area contributed by atoms with E-state index in [1.54, 1.807) is 0 Å². The minimum absolute atomic E-state index is 0.219. The van der Waals surface area contributed by atoms with Crippen LogP contribution in [0, 0.1) is 0 Å². The first-order valence-corrected chi connectivity index (χ1v) is 4.18. The van der Waals surface area contributed by atoms with Crippen molar-refractivity contribution in [2.45, 2.75) is 17.7 Å². The molecule has 0 aliphatic carbocycles. The summed E-state index contributed by atoms with van der Waals surface area (Å²) >= 11 is 7.24. The zero-order valence-corrected chi connectivity index (χ0v) is 7.36. The van der Waals surface area contributed by atoms with Crippen molar-refractivity contribution in [2.24, 2.45) is 0 Å². The summed E-state index contributed by atoms with van der Waals surface area (Å²) in [5.41, 5.74) is 0. The largest absolute Gasteiger partial charge is 0.481 e. The second kappa shape index (κ2) is 5.11. The lowest BCUT2D eigenvalue weighted by Crippen LogP contribution is -2.03. The number of thiol groups is 1. The lowest BCUT2D eigenvalue weighted by atomic mass is 10.2. The minimum Gasteiger partial charge on any atom is -0.481 e. The fourth-order valence-electron chi connectivity index (χ4n) is 0.371. The van der Waals surface area contributed by atoms with E-state index in [0.29, 0.717) is 12.2 Å². The highest BCUT2D eigenvalue weighted by Crippen LogP contribution is 2.08. The van der Waals surface area contributed by atoms with Gasteiger partial charge >= 0.3 is 5.97 Å². The van der Waals surface area contributed by atoms with Crippen LogP contribution in [0.1, 0.15) is 12.8 Å². The molecule has 1 N–H and O–H groups in total. The van der Waals surface area contributed by atoms with Gasteiger partial charge < -0.3 is 5.11 Å². The van der Waals surface area contributed by atoms with Crippen molar-refractivity contribution in [2.75, 3.05) is 5.75 Å². The summed E-state index contributed by atoms with van der Waals surface area (Å²) in [5.74, 6) is -0.0611. The van der Waals surface area contributed by atoms with Crippen LogP contribution in [0.3, 0.4) is 0 Å². The highest BCUT2D eigenvalue weighted by molar-refractivity contribution is 9.09. The van der Waals surface area contributed by atoms with Gasteiger partial charge in [-0.25, -0.2) is 0 Å². The quantitative estimate of drug-likeness (QED) is 0.549. The van der Waals surface area contributed by atoms with Crippen molar-refractivity contribution in [3.63, 3.8) is 0 Å². The third kappa shape index (κ3) is 6.18. The molecule has 0 saturated carbocycles. The van der Waals surface area contributed by atoms with E-state index in [9.17, 15) is 4.79 Å². The van der Waals surface area contributed by atoms with Gasteiger partial charge in [-0.3, -0.25) is 4.79 Å². The second-order valence-corrected chi connectivity index (χ2v) is 3.37. The lowest BCUT2D eigenvalue weighted by molar-refractivity contribution is -0.137. The Morgan fingerprint density at radius 3 is 2.67 bits per heavy atom. The molecule has 0 spiro atoms. The molecular weight excluding hydrogens is 204 g/mol. The Balaban J connectivity index is 3.16. The predicted molar refractivity (Wildman–Crippen MR) is 43.4 cm³/mol. The Morgan fingerprint density at radius 1 is 1.78 bits per heavy atom. The number of halogens is 1. The van der Waals surface area contributed by atoms with Crippen LogP contribution in [0.15, 0.2) is 0 Å². The summed E-state index contributed by atoms with van der Waals surface area (Å²) in [6.45, 7) is 0. The van der Waals surface area contributed by atoms with Crippen molar-refractivity contribution < 1.29 is 9.90 Å². The Morgan fingerprint density at radius 2 is 2.33 bits per heavy atom. The molecule has 0 aromatic carbocycles. The van der Waals surface area contributed by atoms with Gasteiger partial charge in [-0.1, -0.05) is 15.9 Å². The molecule has 1 atom stereocenters. The zero-order chi connectivity index (χ0) is 7.28. The molecule has 0 aromatic rings. The van der Waals surface area contributed by atoms with Crippen molar-refractivity contribution in [3.8, 4) is 0 Å². The van der Waals surface area contributed by atoms with Crippen LogP contribution >= 0.6 is 28.6 Å². The summed E-state index contributed by atoms with van der Waals surface area (Å²) in [7, 11) is 0. The average Bonchev–Trinajstić information content (AvgIpc) is 1.83. The van der Waals surface area contributed by atoms with Gasteiger partial charge in [-0.2, -0.15) is 12.6 Å². The molecule has 0 radical (unpaired) electrons. The Labute approximate surface area is 68.2 Å². The number of carboxylic acid groups (broad SMARTS) is 1. The molecule has 0 aromatic heterocycles. The van der Waals surface area contributed by atoms with E-state index in [1.807, 2.05) is 0 Å². The molecule has 0 heterocycles. The van der Waals surface area contributed by atoms with Gasteiger partial charge in [-0.15, -0.1) is 0 Å². The first kappa shape index (κ1) is 9.30. The second-order valence-electron chi connectivity index (χ2n) is 1.71. The zero-order valence-electron chi connectivity index (χ0n) is 4.88. The fraction of sp³-hybridized carbons (Fsp3) is 0.800. The smallest absolute Gasteiger partial charge is 0.303 e. The molecule has 0 aliphatic heterocycles. The highest BCUT2D eigenvalue weighted by atomic mass is 79.9. The van der Waals surface area contributed by atoms with Crippen LogP contribution in [-0.4, -0.2) is 21.7 Å². The molecule has 4 heteroatoms. The number of hydrogen-bond acceptors (Lipinski definition) is 2. The minimum atomic E-state index is -0.749. The van der Waals surface area contributed by atoms with E-state index in [2.05, 4.69) is 28.6 Å². The third-order valence-corrected chi connectivity index (χ3v) is 2.59. The Bertz CT molecular complexity index is 97.0. The van der Waals surface area contributed by atoms with Crippen LogP contribution in [0.4, 0.5) is 0 Å². The van der Waals surface area contributed by atoms with E-state index in [0.717, 1.165) is 0 Å². The number of aliphatic carboxylic acids is 1. The van der Waals surface area contributed by atoms with E-state index >= 15 is 0 Å². The first-order chi connectivity index (χ1) is 4.16. The lowest BCUT2D eigenvalue weighted by Gasteiger charge is -2.00. The van der Waals surface area contributed by atoms with E-state index in [1.165, 1.54) is 0 Å². The van der Waals surface area contributed by atoms with Gasteiger partial charge in [0.25, 0.3) is 0 Å².